The van der Waals surface area contributed by atoms with Gasteiger partial charge in [0.1, 0.15) is 9.84 Å². The Morgan fingerprint density at radius 2 is 2.24 bits per heavy atom. The van der Waals surface area contributed by atoms with E-state index in [9.17, 15) is 8.42 Å². The molecule has 1 atom stereocenters. The lowest BCUT2D eigenvalue weighted by molar-refractivity contribution is 0.597. The lowest BCUT2D eigenvalue weighted by Gasteiger charge is -2.13. The molecule has 8 nitrogen and oxygen atoms in total. The summed E-state index contributed by atoms with van der Waals surface area (Å²) in [6, 6.07) is -0.249. The summed E-state index contributed by atoms with van der Waals surface area (Å²) in [5.41, 5.74) is 0.501. The molecule has 2 aromatic rings. The van der Waals surface area contributed by atoms with Gasteiger partial charge in [0.15, 0.2) is 11.5 Å². The van der Waals surface area contributed by atoms with Crippen molar-refractivity contribution in [1.82, 2.24) is 25.0 Å². The molecule has 17 heavy (non-hydrogen) atoms. The van der Waals surface area contributed by atoms with Crippen molar-refractivity contribution in [3.05, 3.63) is 12.4 Å². The van der Waals surface area contributed by atoms with Gasteiger partial charge >= 0.3 is 0 Å². The Balaban J connectivity index is 2.21. The molecular formula is C8H12N6O2S. The molecule has 0 aromatic carbocycles. The normalized spacial score (nSPS) is 13.8. The number of tetrazole rings is 1. The number of fused-ring (bicyclic) bond motifs is 1. The Morgan fingerprint density at radius 1 is 1.47 bits per heavy atom. The molecule has 2 heterocycles. The predicted octanol–water partition coefficient (Wildman–Crippen LogP) is -0.636. The molecule has 0 aliphatic carbocycles. The smallest absolute Gasteiger partial charge is 0.199 e. The van der Waals surface area contributed by atoms with Crippen molar-refractivity contribution in [3.63, 3.8) is 0 Å². The second-order valence-corrected chi connectivity index (χ2v) is 6.06. The highest BCUT2D eigenvalue weighted by Crippen LogP contribution is 2.08. The molecule has 2 aromatic heterocycles. The summed E-state index contributed by atoms with van der Waals surface area (Å²) in [6.45, 7) is 1.77. The molecule has 0 bridgehead atoms. The number of aromatic nitrogens is 5. The zero-order valence-electron chi connectivity index (χ0n) is 9.40. The minimum Gasteiger partial charge on any atom is -0.365 e. The summed E-state index contributed by atoms with van der Waals surface area (Å²) >= 11 is 0. The predicted molar refractivity (Wildman–Crippen MR) is 61.4 cm³/mol. The van der Waals surface area contributed by atoms with Gasteiger partial charge in [0.2, 0.25) is 0 Å². The van der Waals surface area contributed by atoms with Gasteiger partial charge in [0.25, 0.3) is 0 Å². The first kappa shape index (κ1) is 11.7. The van der Waals surface area contributed by atoms with Crippen molar-refractivity contribution in [2.24, 2.45) is 0 Å². The second kappa shape index (κ2) is 4.24. The molecule has 2 rings (SSSR count). The molecule has 1 unspecified atom stereocenters. The van der Waals surface area contributed by atoms with E-state index in [1.54, 1.807) is 13.1 Å². The minimum absolute atomic E-state index is 0.0332. The fourth-order valence-electron chi connectivity index (χ4n) is 1.52. The van der Waals surface area contributed by atoms with Crippen LogP contribution in [0.15, 0.2) is 12.4 Å². The summed E-state index contributed by atoms with van der Waals surface area (Å²) in [5, 5.41) is 14.0. The number of rotatable bonds is 4. The maximum Gasteiger partial charge on any atom is 0.199 e. The molecule has 0 radical (unpaired) electrons. The van der Waals surface area contributed by atoms with Gasteiger partial charge in [-0.25, -0.2) is 8.42 Å². The topological polar surface area (TPSA) is 102 Å². The first-order valence-electron chi connectivity index (χ1n) is 4.92. The van der Waals surface area contributed by atoms with E-state index in [1.807, 2.05) is 0 Å². The number of nitrogens with one attached hydrogen (secondary N) is 1. The average molecular weight is 256 g/mol. The SMILES string of the molecule is CC(CS(C)(=O)=O)Nc1cncc2nnnn12. The van der Waals surface area contributed by atoms with Gasteiger partial charge in [0.05, 0.1) is 18.1 Å². The summed E-state index contributed by atoms with van der Waals surface area (Å²) in [6.07, 6.45) is 4.26. The van der Waals surface area contributed by atoms with Gasteiger partial charge in [-0.15, -0.1) is 5.10 Å². The zero-order chi connectivity index (χ0) is 12.5. The Hall–Kier alpha value is -1.77. The molecule has 0 saturated carbocycles. The van der Waals surface area contributed by atoms with Crippen LogP contribution in [-0.4, -0.2) is 51.5 Å². The molecule has 1 N–H and O–H groups in total. The summed E-state index contributed by atoms with van der Waals surface area (Å²) in [7, 11) is -3.03. The van der Waals surface area contributed by atoms with Crippen LogP contribution in [0, 0.1) is 0 Å². The monoisotopic (exact) mass is 256 g/mol. The molecule has 9 heteroatoms. The van der Waals surface area contributed by atoms with Crippen molar-refractivity contribution in [3.8, 4) is 0 Å². The van der Waals surface area contributed by atoms with Gasteiger partial charge in [-0.3, -0.25) is 4.98 Å². The van der Waals surface area contributed by atoms with Crippen molar-refractivity contribution in [1.29, 1.82) is 0 Å². The van der Waals surface area contributed by atoms with Crippen LogP contribution in [0.25, 0.3) is 5.65 Å². The van der Waals surface area contributed by atoms with E-state index >= 15 is 0 Å². The van der Waals surface area contributed by atoms with Crippen LogP contribution in [0.4, 0.5) is 5.82 Å². The Kier molecular flexibility index (Phi) is 2.92. The average Bonchev–Trinajstić information content (AvgIpc) is 2.63. The van der Waals surface area contributed by atoms with Crippen LogP contribution in [0.1, 0.15) is 6.92 Å². The van der Waals surface area contributed by atoms with E-state index in [-0.39, 0.29) is 11.8 Å². The van der Waals surface area contributed by atoms with Gasteiger partial charge in [0, 0.05) is 12.3 Å². The van der Waals surface area contributed by atoms with Crippen LogP contribution >= 0.6 is 0 Å². The summed E-state index contributed by atoms with van der Waals surface area (Å²) in [5.74, 6) is 0.592. The minimum atomic E-state index is -3.03. The Bertz CT molecular complexity index is 622. The highest BCUT2D eigenvalue weighted by atomic mass is 32.2. The standard InChI is InChI=1S/C8H12N6O2S/c1-6(5-17(2,15)16)10-7-3-9-4-8-11-12-13-14(7)8/h3-4,6,10H,5H2,1-2H3. The number of hydrogen-bond acceptors (Lipinski definition) is 7. The van der Waals surface area contributed by atoms with Crippen molar-refractivity contribution >= 4 is 21.3 Å². The van der Waals surface area contributed by atoms with Gasteiger partial charge in [-0.2, -0.15) is 4.52 Å². The van der Waals surface area contributed by atoms with E-state index in [4.69, 9.17) is 0 Å². The number of hydrogen-bond donors (Lipinski definition) is 1. The second-order valence-electron chi connectivity index (χ2n) is 3.88. The van der Waals surface area contributed by atoms with Crippen molar-refractivity contribution < 1.29 is 8.42 Å². The van der Waals surface area contributed by atoms with Gasteiger partial charge in [-0.05, 0) is 17.4 Å². The van der Waals surface area contributed by atoms with Crippen molar-refractivity contribution in [2.75, 3.05) is 17.3 Å². The third-order valence-electron chi connectivity index (χ3n) is 2.06. The largest absolute Gasteiger partial charge is 0.365 e. The Labute approximate surface area is 98.0 Å². The lowest BCUT2D eigenvalue weighted by atomic mass is 10.4. The van der Waals surface area contributed by atoms with Crippen molar-refractivity contribution in [2.45, 2.75) is 13.0 Å². The van der Waals surface area contributed by atoms with E-state index in [1.165, 1.54) is 17.0 Å². The molecule has 0 aliphatic heterocycles. The molecular weight excluding hydrogens is 244 g/mol. The molecule has 0 fully saturated rings. The third-order valence-corrected chi connectivity index (χ3v) is 3.16. The third kappa shape index (κ3) is 2.87. The van der Waals surface area contributed by atoms with Gasteiger partial charge < -0.3 is 5.32 Å². The first-order chi connectivity index (χ1) is 7.96. The fraction of sp³-hybridized carbons (Fsp3) is 0.500. The van der Waals surface area contributed by atoms with Crippen LogP contribution in [0.5, 0.6) is 0 Å². The lowest BCUT2D eigenvalue weighted by Crippen LogP contribution is -2.26. The van der Waals surface area contributed by atoms with E-state index < -0.39 is 9.84 Å². The van der Waals surface area contributed by atoms with Crippen LogP contribution in [0.3, 0.4) is 0 Å². The Morgan fingerprint density at radius 3 is 2.94 bits per heavy atom. The number of sulfone groups is 1. The molecule has 0 amide bonds. The van der Waals surface area contributed by atoms with Gasteiger partial charge in [-0.1, -0.05) is 0 Å². The first-order valence-corrected chi connectivity index (χ1v) is 6.98. The number of anilines is 1. The van der Waals surface area contributed by atoms with E-state index in [2.05, 4.69) is 25.8 Å². The van der Waals surface area contributed by atoms with E-state index in [0.717, 1.165) is 0 Å². The highest BCUT2D eigenvalue weighted by molar-refractivity contribution is 7.90. The van der Waals surface area contributed by atoms with Crippen LogP contribution in [0.2, 0.25) is 0 Å². The zero-order valence-corrected chi connectivity index (χ0v) is 10.2. The highest BCUT2D eigenvalue weighted by Gasteiger charge is 2.12. The van der Waals surface area contributed by atoms with Crippen LogP contribution < -0.4 is 5.32 Å². The summed E-state index contributed by atoms with van der Waals surface area (Å²) in [4.78, 5) is 3.96. The molecule has 0 aliphatic rings. The molecule has 0 saturated heterocycles. The molecule has 0 spiro atoms. The van der Waals surface area contributed by atoms with E-state index in [0.29, 0.717) is 11.5 Å². The molecule has 92 valence electrons. The number of nitrogens with zero attached hydrogens (tertiary/aromatic N) is 5. The maximum atomic E-state index is 11.1. The quantitative estimate of drug-likeness (QED) is 0.776. The fourth-order valence-corrected chi connectivity index (χ4v) is 2.51. The maximum absolute atomic E-state index is 11.1. The summed E-state index contributed by atoms with van der Waals surface area (Å²) < 4.78 is 23.7. The van der Waals surface area contributed by atoms with Crippen LogP contribution in [-0.2, 0) is 9.84 Å².